The summed E-state index contributed by atoms with van der Waals surface area (Å²) < 4.78 is 0. The number of nitrogens with one attached hydrogen (secondary N) is 1. The number of aromatic nitrogens is 2. The van der Waals surface area contributed by atoms with Gasteiger partial charge in [-0.25, -0.2) is 4.98 Å². The van der Waals surface area contributed by atoms with Crippen LogP contribution < -0.4 is 11.1 Å². The Morgan fingerprint density at radius 3 is 2.32 bits per heavy atom. The molecule has 0 bridgehead atoms. The molecule has 0 saturated heterocycles. The summed E-state index contributed by atoms with van der Waals surface area (Å²) in [5.41, 5.74) is 7.44. The summed E-state index contributed by atoms with van der Waals surface area (Å²) in [4.78, 5) is 8.67. The predicted octanol–water partition coefficient (Wildman–Crippen LogP) is 3.59. The van der Waals surface area contributed by atoms with E-state index in [1.165, 1.54) is 0 Å². The van der Waals surface area contributed by atoms with E-state index in [1.54, 1.807) is 6.07 Å². The topological polar surface area (TPSA) is 63.8 Å². The first-order valence-corrected chi connectivity index (χ1v) is 6.40. The zero-order valence-electron chi connectivity index (χ0n) is 11.2. The Bertz CT molecular complexity index is 573. The maximum atomic E-state index is 5.88. The standard InChI is InChI=1S/C14H17ClN4/c1-14(2,3)19-13-17-11(8-12(16)18-13)9-4-6-10(15)7-5-9/h4-8H,1-3H3,(H3,16,17,18,19). The molecular weight excluding hydrogens is 260 g/mol. The number of rotatable bonds is 2. The van der Waals surface area contributed by atoms with Crippen LogP contribution in [0.4, 0.5) is 11.8 Å². The quantitative estimate of drug-likeness (QED) is 0.880. The fraction of sp³-hybridized carbons (Fsp3) is 0.286. The van der Waals surface area contributed by atoms with Crippen molar-refractivity contribution < 1.29 is 0 Å². The second-order valence-electron chi connectivity index (χ2n) is 5.38. The molecule has 0 aliphatic carbocycles. The van der Waals surface area contributed by atoms with Gasteiger partial charge in [-0.15, -0.1) is 0 Å². The molecule has 0 unspecified atom stereocenters. The molecule has 2 rings (SSSR count). The fourth-order valence-corrected chi connectivity index (χ4v) is 1.75. The minimum absolute atomic E-state index is 0.120. The van der Waals surface area contributed by atoms with E-state index in [0.29, 0.717) is 16.8 Å². The maximum Gasteiger partial charge on any atom is 0.225 e. The van der Waals surface area contributed by atoms with Crippen LogP contribution in [0.15, 0.2) is 30.3 Å². The van der Waals surface area contributed by atoms with Crippen LogP contribution in [0.5, 0.6) is 0 Å². The summed E-state index contributed by atoms with van der Waals surface area (Å²) in [7, 11) is 0. The second-order valence-corrected chi connectivity index (χ2v) is 5.82. The van der Waals surface area contributed by atoms with Crippen molar-refractivity contribution in [3.63, 3.8) is 0 Å². The SMILES string of the molecule is CC(C)(C)Nc1nc(N)cc(-c2ccc(Cl)cc2)n1. The lowest BCUT2D eigenvalue weighted by atomic mass is 10.1. The largest absolute Gasteiger partial charge is 0.384 e. The Labute approximate surface area is 118 Å². The van der Waals surface area contributed by atoms with Crippen LogP contribution in [0, 0.1) is 0 Å². The second kappa shape index (κ2) is 5.05. The van der Waals surface area contributed by atoms with Crippen molar-refractivity contribution in [2.75, 3.05) is 11.1 Å². The summed E-state index contributed by atoms with van der Waals surface area (Å²) in [6.45, 7) is 6.13. The van der Waals surface area contributed by atoms with E-state index in [9.17, 15) is 0 Å². The minimum Gasteiger partial charge on any atom is -0.384 e. The van der Waals surface area contributed by atoms with Crippen molar-refractivity contribution >= 4 is 23.4 Å². The predicted molar refractivity (Wildman–Crippen MR) is 80.3 cm³/mol. The molecule has 0 saturated carbocycles. The van der Waals surface area contributed by atoms with Crippen molar-refractivity contribution in [1.29, 1.82) is 0 Å². The number of anilines is 2. The first-order valence-electron chi connectivity index (χ1n) is 6.02. The van der Waals surface area contributed by atoms with E-state index in [4.69, 9.17) is 17.3 Å². The number of hydrogen-bond donors (Lipinski definition) is 2. The average Bonchev–Trinajstić information content (AvgIpc) is 2.26. The molecule has 4 nitrogen and oxygen atoms in total. The minimum atomic E-state index is -0.120. The third kappa shape index (κ3) is 3.83. The average molecular weight is 277 g/mol. The van der Waals surface area contributed by atoms with E-state index in [0.717, 1.165) is 11.3 Å². The molecule has 0 aliphatic rings. The van der Waals surface area contributed by atoms with Crippen LogP contribution in [-0.4, -0.2) is 15.5 Å². The molecule has 0 fully saturated rings. The Morgan fingerprint density at radius 1 is 1.11 bits per heavy atom. The number of nitrogens with two attached hydrogens (primary N) is 1. The molecule has 0 spiro atoms. The highest BCUT2D eigenvalue weighted by molar-refractivity contribution is 6.30. The van der Waals surface area contributed by atoms with Gasteiger partial charge in [0.1, 0.15) is 5.82 Å². The zero-order valence-corrected chi connectivity index (χ0v) is 12.0. The summed E-state index contributed by atoms with van der Waals surface area (Å²) in [6, 6.07) is 9.21. The third-order valence-electron chi connectivity index (χ3n) is 2.37. The molecule has 0 radical (unpaired) electrons. The van der Waals surface area contributed by atoms with Gasteiger partial charge in [0, 0.05) is 22.2 Å². The van der Waals surface area contributed by atoms with Crippen LogP contribution in [0.2, 0.25) is 5.02 Å². The third-order valence-corrected chi connectivity index (χ3v) is 2.62. The Hall–Kier alpha value is -1.81. The van der Waals surface area contributed by atoms with Crippen molar-refractivity contribution in [3.8, 4) is 11.3 Å². The van der Waals surface area contributed by atoms with Crippen LogP contribution in [0.25, 0.3) is 11.3 Å². The molecule has 1 aromatic carbocycles. The molecule has 1 heterocycles. The van der Waals surface area contributed by atoms with Gasteiger partial charge in [0.05, 0.1) is 5.69 Å². The van der Waals surface area contributed by atoms with Crippen LogP contribution >= 0.6 is 11.6 Å². The summed E-state index contributed by atoms with van der Waals surface area (Å²) in [6.07, 6.45) is 0. The normalized spacial score (nSPS) is 11.4. The van der Waals surface area contributed by atoms with Crippen molar-refractivity contribution in [3.05, 3.63) is 35.4 Å². The highest BCUT2D eigenvalue weighted by Crippen LogP contribution is 2.23. The lowest BCUT2D eigenvalue weighted by molar-refractivity contribution is 0.626. The molecule has 0 atom stereocenters. The number of nitrogens with zero attached hydrogens (tertiary/aromatic N) is 2. The zero-order chi connectivity index (χ0) is 14.0. The highest BCUT2D eigenvalue weighted by atomic mass is 35.5. The first-order chi connectivity index (χ1) is 8.83. The molecule has 0 amide bonds. The fourth-order valence-electron chi connectivity index (χ4n) is 1.63. The van der Waals surface area contributed by atoms with E-state index >= 15 is 0 Å². The van der Waals surface area contributed by atoms with Gasteiger partial charge in [-0.3, -0.25) is 0 Å². The van der Waals surface area contributed by atoms with Gasteiger partial charge in [-0.05, 0) is 32.9 Å². The van der Waals surface area contributed by atoms with E-state index in [-0.39, 0.29) is 5.54 Å². The smallest absolute Gasteiger partial charge is 0.225 e. The van der Waals surface area contributed by atoms with Crippen molar-refractivity contribution in [1.82, 2.24) is 9.97 Å². The Balaban J connectivity index is 2.39. The van der Waals surface area contributed by atoms with E-state index < -0.39 is 0 Å². The Kier molecular flexibility index (Phi) is 3.62. The van der Waals surface area contributed by atoms with E-state index in [1.807, 2.05) is 45.0 Å². The first kappa shape index (κ1) is 13.6. The number of hydrogen-bond acceptors (Lipinski definition) is 4. The number of benzene rings is 1. The molecule has 1 aromatic heterocycles. The molecule has 5 heteroatoms. The van der Waals surface area contributed by atoms with Gasteiger partial charge in [0.2, 0.25) is 5.95 Å². The Morgan fingerprint density at radius 2 is 1.74 bits per heavy atom. The summed E-state index contributed by atoms with van der Waals surface area (Å²) >= 11 is 5.88. The molecule has 2 aromatic rings. The molecular formula is C14H17ClN4. The van der Waals surface area contributed by atoms with E-state index in [2.05, 4.69) is 15.3 Å². The monoisotopic (exact) mass is 276 g/mol. The molecule has 100 valence electrons. The van der Waals surface area contributed by atoms with Gasteiger partial charge in [0.15, 0.2) is 0 Å². The number of halogens is 1. The number of nitrogen functional groups attached to an aromatic ring is 1. The molecule has 0 aliphatic heterocycles. The van der Waals surface area contributed by atoms with Gasteiger partial charge in [0.25, 0.3) is 0 Å². The van der Waals surface area contributed by atoms with Gasteiger partial charge < -0.3 is 11.1 Å². The molecule has 3 N–H and O–H groups in total. The van der Waals surface area contributed by atoms with Gasteiger partial charge >= 0.3 is 0 Å². The lowest BCUT2D eigenvalue weighted by Crippen LogP contribution is -2.27. The van der Waals surface area contributed by atoms with Crippen LogP contribution in [0.3, 0.4) is 0 Å². The van der Waals surface area contributed by atoms with Crippen molar-refractivity contribution in [2.45, 2.75) is 26.3 Å². The van der Waals surface area contributed by atoms with Gasteiger partial charge in [-0.1, -0.05) is 23.7 Å². The summed E-state index contributed by atoms with van der Waals surface area (Å²) in [5.74, 6) is 0.962. The molecule has 19 heavy (non-hydrogen) atoms. The highest BCUT2D eigenvalue weighted by Gasteiger charge is 2.13. The van der Waals surface area contributed by atoms with Crippen LogP contribution in [-0.2, 0) is 0 Å². The van der Waals surface area contributed by atoms with Crippen LogP contribution in [0.1, 0.15) is 20.8 Å². The summed E-state index contributed by atoms with van der Waals surface area (Å²) in [5, 5.41) is 3.91. The maximum absolute atomic E-state index is 5.88. The van der Waals surface area contributed by atoms with Gasteiger partial charge in [-0.2, -0.15) is 4.98 Å². The lowest BCUT2D eigenvalue weighted by Gasteiger charge is -2.20. The van der Waals surface area contributed by atoms with Crippen molar-refractivity contribution in [2.24, 2.45) is 0 Å².